The number of alkyl halides is 1. The maximum absolute atomic E-state index is 11.9. The Balaban J connectivity index is 3.14. The highest BCUT2D eigenvalue weighted by molar-refractivity contribution is 6.20. The maximum Gasteiger partial charge on any atom is 0.132 e. The van der Waals surface area contributed by atoms with Crippen molar-refractivity contribution in [3.8, 4) is 0 Å². The van der Waals surface area contributed by atoms with Gasteiger partial charge in [-0.2, -0.15) is 0 Å². The summed E-state index contributed by atoms with van der Waals surface area (Å²) >= 11 is 6.18. The highest BCUT2D eigenvalue weighted by Crippen LogP contribution is 2.16. The van der Waals surface area contributed by atoms with Gasteiger partial charge < -0.3 is 0 Å². The van der Waals surface area contributed by atoms with E-state index < -0.39 is 0 Å². The first kappa shape index (κ1) is 28.0. The third kappa shape index (κ3) is 22.3. The Morgan fingerprint density at radius 2 is 0.929 bits per heavy atom. The molecule has 0 aromatic heterocycles. The van der Waals surface area contributed by atoms with Gasteiger partial charge in [-0.3, -0.25) is 4.79 Å². The van der Waals surface area contributed by atoms with Gasteiger partial charge in [-0.1, -0.05) is 123 Å². The number of unbranched alkanes of at least 4 members (excludes halogenated alkanes) is 16. The molecule has 0 spiro atoms. The van der Waals surface area contributed by atoms with Gasteiger partial charge in [-0.05, 0) is 19.3 Å². The summed E-state index contributed by atoms with van der Waals surface area (Å²) in [5, 5.41) is 0.199. The van der Waals surface area contributed by atoms with Crippen molar-refractivity contribution in [2.24, 2.45) is 0 Å². The number of carbonyl (C=O) groups excluding carboxylic acids is 1. The summed E-state index contributed by atoms with van der Waals surface area (Å²) in [5.41, 5.74) is 0. The van der Waals surface area contributed by atoms with Crippen LogP contribution in [0.25, 0.3) is 0 Å². The fourth-order valence-electron chi connectivity index (χ4n) is 3.95. The average molecular weight is 415 g/mol. The SMILES string of the molecule is CCCCCCCCCCCCCCCCCCCC(=O)CCC(Cl)CCC. The Hall–Kier alpha value is -0.0400. The maximum atomic E-state index is 11.9. The summed E-state index contributed by atoms with van der Waals surface area (Å²) in [7, 11) is 0. The van der Waals surface area contributed by atoms with E-state index in [2.05, 4.69) is 13.8 Å². The average Bonchev–Trinajstić information content (AvgIpc) is 2.69. The Morgan fingerprint density at radius 3 is 1.32 bits per heavy atom. The molecule has 28 heavy (non-hydrogen) atoms. The van der Waals surface area contributed by atoms with Crippen LogP contribution in [0, 0.1) is 0 Å². The summed E-state index contributed by atoms with van der Waals surface area (Å²) < 4.78 is 0. The van der Waals surface area contributed by atoms with Crippen LogP contribution in [-0.4, -0.2) is 11.2 Å². The second kappa shape index (κ2) is 23.2. The van der Waals surface area contributed by atoms with E-state index >= 15 is 0 Å². The molecule has 0 aliphatic rings. The lowest BCUT2D eigenvalue weighted by molar-refractivity contribution is -0.119. The lowest BCUT2D eigenvalue weighted by atomic mass is 10.0. The van der Waals surface area contributed by atoms with E-state index in [-0.39, 0.29) is 5.38 Å². The van der Waals surface area contributed by atoms with E-state index in [4.69, 9.17) is 11.6 Å². The molecule has 0 heterocycles. The first-order chi connectivity index (χ1) is 13.7. The molecule has 1 atom stereocenters. The Bertz CT molecular complexity index is 316. The van der Waals surface area contributed by atoms with Gasteiger partial charge in [0.1, 0.15) is 5.78 Å². The van der Waals surface area contributed by atoms with Gasteiger partial charge in [0.25, 0.3) is 0 Å². The van der Waals surface area contributed by atoms with Crippen molar-refractivity contribution < 1.29 is 4.79 Å². The minimum Gasteiger partial charge on any atom is -0.300 e. The van der Waals surface area contributed by atoms with Gasteiger partial charge in [0.15, 0.2) is 0 Å². The largest absolute Gasteiger partial charge is 0.300 e. The van der Waals surface area contributed by atoms with Crippen LogP contribution in [0.4, 0.5) is 0 Å². The molecule has 0 saturated carbocycles. The standard InChI is InChI=1S/C26H51ClO/c1-3-5-6-7-8-9-10-11-12-13-14-15-16-17-18-19-20-22-26(28)24-23-25(27)21-4-2/h25H,3-24H2,1-2H3. The van der Waals surface area contributed by atoms with E-state index in [1.54, 1.807) is 0 Å². The van der Waals surface area contributed by atoms with Crippen LogP contribution in [0.1, 0.15) is 155 Å². The van der Waals surface area contributed by atoms with E-state index in [1.807, 2.05) is 0 Å². The molecule has 0 N–H and O–H groups in total. The monoisotopic (exact) mass is 414 g/mol. The quantitative estimate of drug-likeness (QED) is 0.120. The predicted molar refractivity (Wildman–Crippen MR) is 128 cm³/mol. The second-order valence-electron chi connectivity index (χ2n) is 8.87. The second-order valence-corrected chi connectivity index (χ2v) is 9.49. The first-order valence-electron chi connectivity index (χ1n) is 12.9. The van der Waals surface area contributed by atoms with Crippen LogP contribution < -0.4 is 0 Å². The summed E-state index contributed by atoms with van der Waals surface area (Å²) in [4.78, 5) is 11.9. The number of hydrogen-bond acceptors (Lipinski definition) is 1. The van der Waals surface area contributed by atoms with Crippen LogP contribution in [-0.2, 0) is 4.79 Å². The number of rotatable bonds is 23. The number of hydrogen-bond donors (Lipinski definition) is 0. The summed E-state index contributed by atoms with van der Waals surface area (Å²) in [6.45, 7) is 4.44. The lowest BCUT2D eigenvalue weighted by Gasteiger charge is -2.07. The van der Waals surface area contributed by atoms with E-state index in [1.165, 1.54) is 103 Å². The molecule has 0 radical (unpaired) electrons. The molecule has 0 saturated heterocycles. The molecule has 168 valence electrons. The van der Waals surface area contributed by atoms with Gasteiger partial charge in [0.2, 0.25) is 0 Å². The zero-order valence-electron chi connectivity index (χ0n) is 19.4. The van der Waals surface area contributed by atoms with Crippen molar-refractivity contribution in [3.63, 3.8) is 0 Å². The highest BCUT2D eigenvalue weighted by atomic mass is 35.5. The molecule has 0 aromatic carbocycles. The molecule has 1 nitrogen and oxygen atoms in total. The van der Waals surface area contributed by atoms with Crippen LogP contribution in [0.15, 0.2) is 0 Å². The molecule has 2 heteroatoms. The fraction of sp³-hybridized carbons (Fsp3) is 0.962. The number of ketones is 1. The van der Waals surface area contributed by atoms with Crippen LogP contribution in [0.2, 0.25) is 0 Å². The molecule has 0 aliphatic carbocycles. The minimum atomic E-state index is 0.199. The van der Waals surface area contributed by atoms with Crippen molar-refractivity contribution in [1.29, 1.82) is 0 Å². The molecule has 0 fully saturated rings. The Labute approximate surface area is 182 Å². The Kier molecular flexibility index (Phi) is 23.2. The lowest BCUT2D eigenvalue weighted by Crippen LogP contribution is -2.04. The van der Waals surface area contributed by atoms with Gasteiger partial charge in [0, 0.05) is 18.2 Å². The van der Waals surface area contributed by atoms with Crippen molar-refractivity contribution in [3.05, 3.63) is 0 Å². The fourth-order valence-corrected chi connectivity index (χ4v) is 4.27. The van der Waals surface area contributed by atoms with Crippen molar-refractivity contribution in [1.82, 2.24) is 0 Å². The number of carbonyl (C=O) groups is 1. The molecule has 0 aromatic rings. The minimum absolute atomic E-state index is 0.199. The number of Topliss-reactive ketones (excluding diaryl/α,β-unsaturated/α-hetero) is 1. The third-order valence-electron chi connectivity index (χ3n) is 5.90. The topological polar surface area (TPSA) is 17.1 Å². The van der Waals surface area contributed by atoms with Crippen molar-refractivity contribution in [2.75, 3.05) is 0 Å². The van der Waals surface area contributed by atoms with Gasteiger partial charge in [0.05, 0.1) is 0 Å². The highest BCUT2D eigenvalue weighted by Gasteiger charge is 2.07. The molecule has 1 unspecified atom stereocenters. The van der Waals surface area contributed by atoms with E-state index in [0.29, 0.717) is 12.2 Å². The van der Waals surface area contributed by atoms with Crippen LogP contribution in [0.3, 0.4) is 0 Å². The van der Waals surface area contributed by atoms with Crippen molar-refractivity contribution in [2.45, 2.75) is 160 Å². The number of halogens is 1. The molecule has 0 aliphatic heterocycles. The molecular weight excluding hydrogens is 364 g/mol. The summed E-state index contributed by atoms with van der Waals surface area (Å²) in [5.74, 6) is 0.419. The predicted octanol–water partition coefficient (Wildman–Crippen LogP) is 9.78. The van der Waals surface area contributed by atoms with Crippen molar-refractivity contribution >= 4 is 17.4 Å². The zero-order valence-corrected chi connectivity index (χ0v) is 20.2. The third-order valence-corrected chi connectivity index (χ3v) is 6.33. The van der Waals surface area contributed by atoms with Crippen LogP contribution >= 0.6 is 11.6 Å². The summed E-state index contributed by atoms with van der Waals surface area (Å²) in [6, 6.07) is 0. The first-order valence-corrected chi connectivity index (χ1v) is 13.3. The van der Waals surface area contributed by atoms with Gasteiger partial charge in [-0.15, -0.1) is 11.6 Å². The Morgan fingerprint density at radius 1 is 0.536 bits per heavy atom. The smallest absolute Gasteiger partial charge is 0.132 e. The van der Waals surface area contributed by atoms with Crippen LogP contribution in [0.5, 0.6) is 0 Å². The molecule has 0 rings (SSSR count). The van der Waals surface area contributed by atoms with Gasteiger partial charge in [-0.25, -0.2) is 0 Å². The van der Waals surface area contributed by atoms with E-state index in [9.17, 15) is 4.79 Å². The zero-order chi connectivity index (χ0) is 20.7. The summed E-state index contributed by atoms with van der Waals surface area (Å²) in [6.07, 6.45) is 28.0. The molecular formula is C26H51ClO. The van der Waals surface area contributed by atoms with E-state index in [0.717, 1.165) is 32.1 Å². The molecule has 0 bridgehead atoms. The molecule has 0 amide bonds. The van der Waals surface area contributed by atoms with Gasteiger partial charge >= 0.3 is 0 Å². The normalized spacial score (nSPS) is 12.4.